The lowest BCUT2D eigenvalue weighted by Gasteiger charge is -2.20. The van der Waals surface area contributed by atoms with Crippen LogP contribution in [0.1, 0.15) is 34.4 Å². The van der Waals surface area contributed by atoms with Crippen LogP contribution in [0, 0.1) is 13.8 Å². The standard InChI is InChI=1S/C25H27ClN4O2/c1-18-8-10-21(11-9-18)17-30-25(26)22(19(2)28-30)12-13-24(32)29(15-14-23(27)31)16-20-6-4-3-5-7-20/h3-13H,14-17H2,1-2H3,(H2,27,31)/b13-12+. The van der Waals surface area contributed by atoms with Crippen molar-refractivity contribution in [3.63, 3.8) is 0 Å². The lowest BCUT2D eigenvalue weighted by atomic mass is 10.1. The fraction of sp³-hybridized carbons (Fsp3) is 0.240. The first-order chi connectivity index (χ1) is 15.3. The molecule has 0 saturated heterocycles. The molecule has 7 heteroatoms. The average Bonchev–Trinajstić information content (AvgIpc) is 3.04. The molecule has 2 aromatic carbocycles. The normalized spacial score (nSPS) is 11.1. The number of nitrogens with two attached hydrogens (primary N) is 1. The number of benzene rings is 2. The van der Waals surface area contributed by atoms with Gasteiger partial charge in [-0.05, 0) is 31.1 Å². The molecule has 0 unspecified atom stereocenters. The molecule has 3 aromatic rings. The van der Waals surface area contributed by atoms with Gasteiger partial charge in [-0.15, -0.1) is 0 Å². The first-order valence-corrected chi connectivity index (χ1v) is 10.8. The summed E-state index contributed by atoms with van der Waals surface area (Å²) < 4.78 is 1.72. The summed E-state index contributed by atoms with van der Waals surface area (Å²) in [6, 6.07) is 17.8. The van der Waals surface area contributed by atoms with Gasteiger partial charge in [-0.1, -0.05) is 71.8 Å². The minimum Gasteiger partial charge on any atom is -0.370 e. The zero-order valence-corrected chi connectivity index (χ0v) is 19.0. The Morgan fingerprint density at radius 1 is 1.06 bits per heavy atom. The molecule has 0 fully saturated rings. The molecular formula is C25H27ClN4O2. The number of amides is 2. The molecule has 1 heterocycles. The van der Waals surface area contributed by atoms with Gasteiger partial charge in [-0.2, -0.15) is 5.10 Å². The molecule has 0 atom stereocenters. The molecule has 1 aromatic heterocycles. The molecule has 0 aliphatic carbocycles. The van der Waals surface area contributed by atoms with E-state index in [9.17, 15) is 9.59 Å². The third-order valence-electron chi connectivity index (χ3n) is 5.11. The number of carbonyl (C=O) groups is 2. The lowest BCUT2D eigenvalue weighted by molar-refractivity contribution is -0.127. The Morgan fingerprint density at radius 3 is 2.41 bits per heavy atom. The Kier molecular flexibility index (Phi) is 7.84. The second-order valence-corrected chi connectivity index (χ2v) is 8.09. The highest BCUT2D eigenvalue weighted by Gasteiger charge is 2.15. The van der Waals surface area contributed by atoms with Crippen molar-refractivity contribution < 1.29 is 9.59 Å². The van der Waals surface area contributed by atoms with Gasteiger partial charge in [0.05, 0.1) is 12.2 Å². The molecule has 0 bridgehead atoms. The summed E-state index contributed by atoms with van der Waals surface area (Å²) in [5, 5.41) is 5.00. The third-order valence-corrected chi connectivity index (χ3v) is 5.51. The Bertz CT molecular complexity index is 1100. The van der Waals surface area contributed by atoms with E-state index in [1.165, 1.54) is 11.6 Å². The zero-order valence-electron chi connectivity index (χ0n) is 18.3. The first-order valence-electron chi connectivity index (χ1n) is 10.4. The van der Waals surface area contributed by atoms with Gasteiger partial charge in [-0.25, -0.2) is 4.68 Å². The van der Waals surface area contributed by atoms with Gasteiger partial charge in [0.25, 0.3) is 0 Å². The second-order valence-electron chi connectivity index (χ2n) is 7.73. The predicted octanol–water partition coefficient (Wildman–Crippen LogP) is 4.12. The number of hydrogen-bond acceptors (Lipinski definition) is 3. The highest BCUT2D eigenvalue weighted by atomic mass is 35.5. The molecular weight excluding hydrogens is 424 g/mol. The fourth-order valence-electron chi connectivity index (χ4n) is 3.30. The van der Waals surface area contributed by atoms with Gasteiger partial charge < -0.3 is 10.6 Å². The molecule has 0 radical (unpaired) electrons. The number of nitrogens with zero attached hydrogens (tertiary/aromatic N) is 3. The van der Waals surface area contributed by atoms with Crippen LogP contribution >= 0.6 is 11.6 Å². The van der Waals surface area contributed by atoms with Crippen LogP contribution in [0.25, 0.3) is 6.08 Å². The quantitative estimate of drug-likeness (QED) is 0.498. The van der Waals surface area contributed by atoms with E-state index in [0.717, 1.165) is 16.8 Å². The molecule has 0 spiro atoms. The summed E-state index contributed by atoms with van der Waals surface area (Å²) in [6.45, 7) is 5.07. The number of aromatic nitrogens is 2. The van der Waals surface area contributed by atoms with Crippen molar-refractivity contribution in [3.8, 4) is 0 Å². The molecule has 2 amide bonds. The molecule has 6 nitrogen and oxygen atoms in total. The van der Waals surface area contributed by atoms with E-state index in [1.807, 2.05) is 68.4 Å². The van der Waals surface area contributed by atoms with Crippen LogP contribution in [0.3, 0.4) is 0 Å². The van der Waals surface area contributed by atoms with E-state index in [2.05, 4.69) is 5.10 Å². The molecule has 166 valence electrons. The van der Waals surface area contributed by atoms with Crippen molar-refractivity contribution in [2.45, 2.75) is 33.4 Å². The molecule has 32 heavy (non-hydrogen) atoms. The highest BCUT2D eigenvalue weighted by Crippen LogP contribution is 2.22. The summed E-state index contributed by atoms with van der Waals surface area (Å²) in [5.74, 6) is -0.673. The number of rotatable bonds is 9. The van der Waals surface area contributed by atoms with E-state index in [1.54, 1.807) is 15.7 Å². The van der Waals surface area contributed by atoms with Gasteiger partial charge >= 0.3 is 0 Å². The second kappa shape index (κ2) is 10.8. The minimum absolute atomic E-state index is 0.0979. The fourth-order valence-corrected chi connectivity index (χ4v) is 3.60. The van der Waals surface area contributed by atoms with Gasteiger partial charge in [0, 0.05) is 31.1 Å². The van der Waals surface area contributed by atoms with Crippen molar-refractivity contribution in [3.05, 3.63) is 93.8 Å². The number of primary amides is 1. The number of halogens is 1. The molecule has 0 saturated carbocycles. The van der Waals surface area contributed by atoms with E-state index in [4.69, 9.17) is 17.3 Å². The topological polar surface area (TPSA) is 81.2 Å². The number of carbonyl (C=O) groups excluding carboxylic acids is 2. The Balaban J connectivity index is 1.76. The summed E-state index contributed by atoms with van der Waals surface area (Å²) >= 11 is 6.57. The Morgan fingerprint density at radius 2 is 1.75 bits per heavy atom. The smallest absolute Gasteiger partial charge is 0.246 e. The van der Waals surface area contributed by atoms with Gasteiger partial charge in [0.15, 0.2) is 0 Å². The van der Waals surface area contributed by atoms with Crippen LogP contribution in [-0.4, -0.2) is 33.0 Å². The van der Waals surface area contributed by atoms with Gasteiger partial charge in [0.1, 0.15) is 5.15 Å². The lowest BCUT2D eigenvalue weighted by Crippen LogP contribution is -2.32. The van der Waals surface area contributed by atoms with E-state index in [0.29, 0.717) is 23.8 Å². The molecule has 2 N–H and O–H groups in total. The van der Waals surface area contributed by atoms with E-state index in [-0.39, 0.29) is 18.9 Å². The summed E-state index contributed by atoms with van der Waals surface area (Å²) in [6.07, 6.45) is 3.25. The molecule has 0 aliphatic heterocycles. The third kappa shape index (κ3) is 6.31. The summed E-state index contributed by atoms with van der Waals surface area (Å²) in [5.41, 5.74) is 9.97. The molecule has 3 rings (SSSR count). The summed E-state index contributed by atoms with van der Waals surface area (Å²) in [4.78, 5) is 25.8. The SMILES string of the molecule is Cc1ccc(Cn2nc(C)c(/C=C/C(=O)N(CCC(N)=O)Cc3ccccc3)c2Cl)cc1. The van der Waals surface area contributed by atoms with Crippen LogP contribution in [-0.2, 0) is 22.7 Å². The van der Waals surface area contributed by atoms with Gasteiger partial charge in [0.2, 0.25) is 11.8 Å². The minimum atomic E-state index is -0.448. The van der Waals surface area contributed by atoms with E-state index < -0.39 is 5.91 Å². The van der Waals surface area contributed by atoms with Crippen molar-refractivity contribution in [2.24, 2.45) is 5.73 Å². The van der Waals surface area contributed by atoms with Crippen molar-refractivity contribution in [2.75, 3.05) is 6.54 Å². The predicted molar refractivity (Wildman–Crippen MR) is 127 cm³/mol. The maximum absolute atomic E-state index is 12.9. The molecule has 0 aliphatic rings. The van der Waals surface area contributed by atoms with Crippen LogP contribution in [0.5, 0.6) is 0 Å². The highest BCUT2D eigenvalue weighted by molar-refractivity contribution is 6.31. The zero-order chi connectivity index (χ0) is 23.1. The Hall–Kier alpha value is -3.38. The maximum atomic E-state index is 12.9. The maximum Gasteiger partial charge on any atom is 0.246 e. The average molecular weight is 451 g/mol. The monoisotopic (exact) mass is 450 g/mol. The van der Waals surface area contributed by atoms with Crippen LogP contribution < -0.4 is 5.73 Å². The van der Waals surface area contributed by atoms with Crippen molar-refractivity contribution in [1.29, 1.82) is 0 Å². The largest absolute Gasteiger partial charge is 0.370 e. The van der Waals surface area contributed by atoms with Crippen molar-refractivity contribution >= 4 is 29.5 Å². The number of hydrogen-bond donors (Lipinski definition) is 1. The summed E-state index contributed by atoms with van der Waals surface area (Å²) in [7, 11) is 0. The first kappa shape index (κ1) is 23.3. The van der Waals surface area contributed by atoms with Crippen molar-refractivity contribution in [1.82, 2.24) is 14.7 Å². The van der Waals surface area contributed by atoms with Crippen LogP contribution in [0.4, 0.5) is 0 Å². The van der Waals surface area contributed by atoms with Crippen LogP contribution in [0.15, 0.2) is 60.7 Å². The van der Waals surface area contributed by atoms with Gasteiger partial charge in [-0.3, -0.25) is 9.59 Å². The Labute approximate surface area is 193 Å². The number of aryl methyl sites for hydroxylation is 2. The van der Waals surface area contributed by atoms with E-state index >= 15 is 0 Å². The van der Waals surface area contributed by atoms with Crippen LogP contribution in [0.2, 0.25) is 5.15 Å².